The van der Waals surface area contributed by atoms with Crippen molar-refractivity contribution >= 4 is 90.3 Å². The fourth-order valence-corrected chi connectivity index (χ4v) is 7.92. The number of aliphatic carboxylic acids is 3. The largest absolute Gasteiger partial charge is 0.481 e. The molecule has 0 rings (SSSR count). The Morgan fingerprint density at radius 3 is 1.48 bits per heavy atom. The molecule has 0 fully saturated rings. The topological polar surface area (TPSA) is 306 Å². The van der Waals surface area contributed by atoms with E-state index in [9.17, 15) is 43.5 Å². The van der Waals surface area contributed by atoms with Crippen molar-refractivity contribution in [1.82, 2.24) is 31.4 Å². The van der Waals surface area contributed by atoms with Gasteiger partial charge >= 0.3 is 17.9 Å². The highest BCUT2D eigenvalue weighted by Gasteiger charge is 2.21. The molecule has 0 aliphatic carbocycles. The predicted octanol–water partition coefficient (Wildman–Crippen LogP) is 5.30. The van der Waals surface area contributed by atoms with Gasteiger partial charge < -0.3 is 55.5 Å². The molecule has 5 unspecified atom stereocenters. The molecule has 0 aromatic heterocycles. The van der Waals surface area contributed by atoms with E-state index in [4.69, 9.17) is 29.2 Å². The van der Waals surface area contributed by atoms with Gasteiger partial charge in [-0.1, -0.05) is 110 Å². The second-order valence-corrected chi connectivity index (χ2v) is 18.2. The number of ether oxygens (including phenoxy) is 4. The minimum absolute atomic E-state index is 0.0186. The van der Waals surface area contributed by atoms with E-state index in [1.807, 2.05) is 27.0 Å². The van der Waals surface area contributed by atoms with Crippen LogP contribution in [0.2, 0.25) is 0 Å². The highest BCUT2D eigenvalue weighted by Crippen LogP contribution is 2.14. The maximum Gasteiger partial charge on any atom is 0.326 e. The Morgan fingerprint density at radius 2 is 1.03 bits per heavy atom. The SMILES string of the molecule is CC.CCOCCOCCNC(=O)CCC(NC(=O)CCCCCCCCCCCCCCCCC(=O)O)C(=O)O.CSCC(NP)C(=O)S.O=CNCCOCCOCC(=O)NCCCCC(NP)C(=O)O. The molecule has 25 heteroatoms. The van der Waals surface area contributed by atoms with Crippen LogP contribution in [0.4, 0.5) is 0 Å². The van der Waals surface area contributed by atoms with Crippen LogP contribution < -0.4 is 31.4 Å². The number of unbranched alkanes of at least 4 members (excludes halogenated alkanes) is 14. The van der Waals surface area contributed by atoms with Crippen molar-refractivity contribution in [3.8, 4) is 0 Å². The highest BCUT2D eigenvalue weighted by molar-refractivity contribution is 7.99. The molecular formula is C48H96N6O15P2S2. The minimum Gasteiger partial charge on any atom is -0.481 e. The fourth-order valence-electron chi connectivity index (χ4n) is 6.16. The van der Waals surface area contributed by atoms with E-state index in [-0.39, 0.29) is 54.7 Å². The van der Waals surface area contributed by atoms with Crippen molar-refractivity contribution in [2.45, 2.75) is 174 Å². The number of thiol groups is 1. The van der Waals surface area contributed by atoms with Crippen LogP contribution in [0.3, 0.4) is 0 Å². The number of carboxylic acid groups (broad SMARTS) is 3. The van der Waals surface area contributed by atoms with E-state index in [0.29, 0.717) is 98.0 Å². The molecule has 0 aromatic rings. The zero-order valence-corrected chi connectivity index (χ0v) is 48.4. The highest BCUT2D eigenvalue weighted by atomic mass is 32.2. The summed E-state index contributed by atoms with van der Waals surface area (Å²) < 4.78 is 20.7. The first-order chi connectivity index (χ1) is 35.2. The number of rotatable bonds is 49. The molecule has 0 spiro atoms. The van der Waals surface area contributed by atoms with Crippen LogP contribution in [-0.2, 0) is 57.3 Å². The number of hydrogen-bond donors (Lipinski definition) is 10. The van der Waals surface area contributed by atoms with E-state index in [1.165, 1.54) is 44.9 Å². The predicted molar refractivity (Wildman–Crippen MR) is 298 cm³/mol. The maximum absolute atomic E-state index is 12.2. The van der Waals surface area contributed by atoms with Crippen molar-refractivity contribution in [3.63, 3.8) is 0 Å². The lowest BCUT2D eigenvalue weighted by molar-refractivity contribution is -0.142. The Labute approximate surface area is 450 Å². The lowest BCUT2D eigenvalue weighted by Crippen LogP contribution is -2.41. The summed E-state index contributed by atoms with van der Waals surface area (Å²) in [5, 5.41) is 42.5. The summed E-state index contributed by atoms with van der Waals surface area (Å²) in [5.74, 6) is -2.72. The molecule has 9 N–H and O–H groups in total. The lowest BCUT2D eigenvalue weighted by atomic mass is 10.0. The molecule has 0 radical (unpaired) electrons. The molecule has 5 atom stereocenters. The summed E-state index contributed by atoms with van der Waals surface area (Å²) in [5.41, 5.74) is 0. The molecule has 4 amide bonds. The average molecular weight is 1120 g/mol. The van der Waals surface area contributed by atoms with Gasteiger partial charge in [0.25, 0.3) is 0 Å². The molecule has 0 saturated heterocycles. The second kappa shape index (κ2) is 61.8. The Balaban J connectivity index is -0.000000585. The third-order valence-corrected chi connectivity index (χ3v) is 11.9. The van der Waals surface area contributed by atoms with Crippen LogP contribution in [0.5, 0.6) is 0 Å². The first-order valence-corrected chi connectivity index (χ1v) is 28.8. The Hall–Kier alpha value is -2.72. The molecule has 21 nitrogen and oxygen atoms in total. The molecule has 0 saturated carbocycles. The van der Waals surface area contributed by atoms with Gasteiger partial charge in [-0.05, 0) is 51.7 Å². The minimum atomic E-state index is -1.13. The van der Waals surface area contributed by atoms with Crippen LogP contribution in [0.15, 0.2) is 0 Å². The third kappa shape index (κ3) is 61.7. The maximum atomic E-state index is 12.2. The summed E-state index contributed by atoms with van der Waals surface area (Å²) >= 11 is 5.30. The van der Waals surface area contributed by atoms with Gasteiger partial charge in [0.2, 0.25) is 29.2 Å². The lowest BCUT2D eigenvalue weighted by Gasteiger charge is -2.14. The van der Waals surface area contributed by atoms with E-state index in [1.54, 1.807) is 11.8 Å². The normalized spacial score (nSPS) is 11.7. The standard InChI is InChI=1S/C29H54N2O8.C13H26N3O6P.C4H10NOPS2.C2H6/c1-2-38-23-24-39-22-21-30-26(32)20-19-25(29(36)37)31-27(33)17-15-13-11-9-7-5-3-4-6-8-10-12-14-16-18-28(34)35;17-10-14-5-6-21-7-8-22-9-12(18)15-4-2-1-3-11(16-23)13(19)20;1-9-2-3(5-7)4(6)8;1-2/h25H,2-24H2,1H3,(H,30,32)(H,31,33)(H,34,35)(H,36,37);10-11,16H,1-9,23H2,(H,14,17)(H,15,18)(H,19,20);3,5H,2,7H2,1H3,(H,6,8);1-2H3. The average Bonchev–Trinajstić information content (AvgIpc) is 3.36. The van der Waals surface area contributed by atoms with Crippen LogP contribution in [0, 0.1) is 0 Å². The van der Waals surface area contributed by atoms with Crippen LogP contribution in [0.25, 0.3) is 0 Å². The number of carbonyl (C=O) groups excluding carboxylic acids is 5. The zero-order chi connectivity index (χ0) is 55.6. The number of nitrogens with one attached hydrogen (secondary N) is 6. The Morgan fingerprint density at radius 1 is 0.548 bits per heavy atom. The smallest absolute Gasteiger partial charge is 0.326 e. The fraction of sp³-hybridized carbons (Fsp3) is 0.833. The molecular weight excluding hydrogens is 1030 g/mol. The second-order valence-electron chi connectivity index (χ2n) is 16.2. The summed E-state index contributed by atoms with van der Waals surface area (Å²) in [6.45, 7) is 10.1. The Kier molecular flexibility index (Phi) is 65.0. The molecule has 0 bridgehead atoms. The van der Waals surface area contributed by atoms with Gasteiger partial charge in [-0.2, -0.15) is 11.8 Å². The molecule has 0 aliphatic rings. The van der Waals surface area contributed by atoms with Crippen molar-refractivity contribution < 1.29 is 72.6 Å². The van der Waals surface area contributed by atoms with Gasteiger partial charge in [-0.25, -0.2) is 4.79 Å². The number of carboxylic acids is 3. The summed E-state index contributed by atoms with van der Waals surface area (Å²) in [7, 11) is 4.50. The molecule has 0 aliphatic heterocycles. The van der Waals surface area contributed by atoms with Crippen molar-refractivity contribution in [3.05, 3.63) is 0 Å². The number of amides is 4. The number of carbonyl (C=O) groups is 8. The van der Waals surface area contributed by atoms with Crippen molar-refractivity contribution in [2.75, 3.05) is 84.5 Å². The van der Waals surface area contributed by atoms with Gasteiger partial charge in [0.1, 0.15) is 18.7 Å². The van der Waals surface area contributed by atoms with Gasteiger partial charge in [0.05, 0.1) is 45.7 Å². The van der Waals surface area contributed by atoms with Crippen LogP contribution >= 0.6 is 43.2 Å². The van der Waals surface area contributed by atoms with E-state index in [0.717, 1.165) is 50.7 Å². The van der Waals surface area contributed by atoms with Gasteiger partial charge in [0.15, 0.2) is 0 Å². The summed E-state index contributed by atoms with van der Waals surface area (Å²) in [4.78, 5) is 88.7. The van der Waals surface area contributed by atoms with E-state index in [2.05, 4.69) is 62.9 Å². The Bertz CT molecular complexity index is 1370. The summed E-state index contributed by atoms with van der Waals surface area (Å²) in [6, 6.07) is -1.78. The van der Waals surface area contributed by atoms with Gasteiger partial charge in [0, 0.05) is 51.3 Å². The number of thioether (sulfide) groups is 1. The third-order valence-electron chi connectivity index (χ3n) is 10.1. The molecule has 430 valence electrons. The van der Waals surface area contributed by atoms with Crippen LogP contribution in [0.1, 0.15) is 156 Å². The van der Waals surface area contributed by atoms with Gasteiger partial charge in [-0.3, -0.25) is 43.7 Å². The van der Waals surface area contributed by atoms with Crippen molar-refractivity contribution in [2.24, 2.45) is 0 Å². The van der Waals surface area contributed by atoms with Crippen LogP contribution in [-0.4, -0.2) is 165 Å². The quantitative estimate of drug-likeness (QED) is 0.0160. The monoisotopic (exact) mass is 1120 g/mol. The zero-order valence-electron chi connectivity index (χ0n) is 44.4. The molecule has 73 heavy (non-hydrogen) atoms. The van der Waals surface area contributed by atoms with E-state index < -0.39 is 30.0 Å². The molecule has 0 aromatic carbocycles. The first-order valence-electron chi connectivity index (χ1n) is 25.8. The summed E-state index contributed by atoms with van der Waals surface area (Å²) in [6.07, 6.45) is 20.5. The van der Waals surface area contributed by atoms with Gasteiger partial charge in [-0.15, -0.1) is 12.6 Å². The van der Waals surface area contributed by atoms with Crippen molar-refractivity contribution in [1.29, 1.82) is 0 Å². The number of hydrogen-bond acceptors (Lipinski definition) is 15. The first kappa shape index (κ1) is 76.8. The molecule has 0 heterocycles. The van der Waals surface area contributed by atoms with E-state index >= 15 is 0 Å².